The summed E-state index contributed by atoms with van der Waals surface area (Å²) in [5.41, 5.74) is 2.09. The molecule has 1 unspecified atom stereocenters. The van der Waals surface area contributed by atoms with Gasteiger partial charge in [-0.1, -0.05) is 18.2 Å². The quantitative estimate of drug-likeness (QED) is 0.847. The van der Waals surface area contributed by atoms with Crippen molar-refractivity contribution in [3.63, 3.8) is 0 Å². The van der Waals surface area contributed by atoms with Gasteiger partial charge in [0.1, 0.15) is 0 Å². The molecule has 1 aliphatic rings. The lowest BCUT2D eigenvalue weighted by Gasteiger charge is -2.25. The zero-order valence-electron chi connectivity index (χ0n) is 9.65. The highest BCUT2D eigenvalue weighted by Crippen LogP contribution is 2.26. The van der Waals surface area contributed by atoms with Crippen molar-refractivity contribution in [2.45, 2.75) is 31.9 Å². The smallest absolute Gasteiger partial charge is 0.0781 e. The van der Waals surface area contributed by atoms with E-state index in [-0.39, 0.29) is 0 Å². The highest BCUT2D eigenvalue weighted by Gasteiger charge is 2.15. The normalized spacial score (nSPS) is 19.4. The van der Waals surface area contributed by atoms with Crippen molar-refractivity contribution < 1.29 is 5.11 Å². The molecule has 1 fully saturated rings. The first-order chi connectivity index (χ1) is 7.77. The van der Waals surface area contributed by atoms with E-state index in [2.05, 4.69) is 11.4 Å². The third-order valence-electron chi connectivity index (χ3n) is 2.99. The van der Waals surface area contributed by atoms with Crippen LogP contribution in [-0.2, 0) is 0 Å². The Kier molecular flexibility index (Phi) is 4.13. The van der Waals surface area contributed by atoms with Gasteiger partial charge in [0.25, 0.3) is 0 Å². The Morgan fingerprint density at radius 1 is 1.31 bits per heavy atom. The van der Waals surface area contributed by atoms with Crippen LogP contribution in [0.2, 0.25) is 0 Å². The molecule has 16 heavy (non-hydrogen) atoms. The summed E-state index contributed by atoms with van der Waals surface area (Å²) in [6.07, 6.45) is 2.04. The number of anilines is 1. The molecule has 0 spiro atoms. The molecule has 2 nitrogen and oxygen atoms in total. The molecule has 0 saturated carbocycles. The maximum absolute atomic E-state index is 9.69. The molecule has 88 valence electrons. The minimum atomic E-state index is -0.401. The molecule has 0 bridgehead atoms. The number of hydrogen-bond donors (Lipinski definition) is 2. The Labute approximate surface area is 101 Å². The second-order valence-electron chi connectivity index (χ2n) is 4.29. The van der Waals surface area contributed by atoms with E-state index in [9.17, 15) is 5.11 Å². The Morgan fingerprint density at radius 2 is 2.00 bits per heavy atom. The van der Waals surface area contributed by atoms with E-state index in [1.807, 2.05) is 36.9 Å². The van der Waals surface area contributed by atoms with Crippen LogP contribution in [0.3, 0.4) is 0 Å². The molecule has 1 atom stereocenters. The van der Waals surface area contributed by atoms with E-state index >= 15 is 0 Å². The second-order valence-corrected chi connectivity index (χ2v) is 5.52. The Balaban J connectivity index is 2.07. The van der Waals surface area contributed by atoms with Crippen LogP contribution in [-0.4, -0.2) is 22.7 Å². The van der Waals surface area contributed by atoms with Crippen LogP contribution < -0.4 is 5.32 Å². The minimum absolute atomic E-state index is 0.401. The molecule has 0 amide bonds. The van der Waals surface area contributed by atoms with Gasteiger partial charge in [-0.25, -0.2) is 0 Å². The number of rotatable bonds is 3. The molecule has 1 heterocycles. The molecule has 3 heteroatoms. The molecule has 0 aliphatic carbocycles. The first-order valence-electron chi connectivity index (χ1n) is 5.88. The van der Waals surface area contributed by atoms with Crippen molar-refractivity contribution in [1.29, 1.82) is 0 Å². The lowest BCUT2D eigenvalue weighted by atomic mass is 10.1. The van der Waals surface area contributed by atoms with Crippen molar-refractivity contribution >= 4 is 17.4 Å². The van der Waals surface area contributed by atoms with Gasteiger partial charge < -0.3 is 10.4 Å². The standard InChI is InChI=1S/C13H19NOS/c1-10(15)12-4-2-3-5-13(12)14-11-6-8-16-9-7-11/h2-5,10-11,14-15H,6-9H2,1H3. The number of benzene rings is 1. The van der Waals surface area contributed by atoms with E-state index in [1.54, 1.807) is 0 Å². The zero-order chi connectivity index (χ0) is 11.4. The number of aliphatic hydroxyl groups excluding tert-OH is 1. The molecule has 1 aliphatic heterocycles. The lowest BCUT2D eigenvalue weighted by Crippen LogP contribution is -2.25. The van der Waals surface area contributed by atoms with Gasteiger partial charge in [0.2, 0.25) is 0 Å². The summed E-state index contributed by atoms with van der Waals surface area (Å²) in [5, 5.41) is 13.2. The SMILES string of the molecule is CC(O)c1ccccc1NC1CCSCC1. The van der Waals surface area contributed by atoms with E-state index < -0.39 is 6.10 Å². The summed E-state index contributed by atoms with van der Waals surface area (Å²) in [5.74, 6) is 2.49. The molecule has 0 aromatic heterocycles. The number of aliphatic hydroxyl groups is 1. The molecular formula is C13H19NOS. The van der Waals surface area contributed by atoms with Crippen LogP contribution in [0.25, 0.3) is 0 Å². The molecule has 0 radical (unpaired) electrons. The number of hydrogen-bond acceptors (Lipinski definition) is 3. The van der Waals surface area contributed by atoms with Crippen LogP contribution in [0.15, 0.2) is 24.3 Å². The molecule has 2 N–H and O–H groups in total. The van der Waals surface area contributed by atoms with Crippen LogP contribution in [0.4, 0.5) is 5.69 Å². The summed E-state index contributed by atoms with van der Waals surface area (Å²) in [6.45, 7) is 1.82. The van der Waals surface area contributed by atoms with Crippen molar-refractivity contribution in [2.75, 3.05) is 16.8 Å². The fourth-order valence-electron chi connectivity index (χ4n) is 2.05. The monoisotopic (exact) mass is 237 g/mol. The third kappa shape index (κ3) is 2.92. The molecule has 1 aromatic carbocycles. The van der Waals surface area contributed by atoms with Crippen molar-refractivity contribution in [3.8, 4) is 0 Å². The summed E-state index contributed by atoms with van der Waals surface area (Å²) in [7, 11) is 0. The van der Waals surface area contributed by atoms with Crippen molar-refractivity contribution in [1.82, 2.24) is 0 Å². The molecule has 2 rings (SSSR count). The summed E-state index contributed by atoms with van der Waals surface area (Å²) in [6, 6.07) is 8.62. The predicted molar refractivity (Wildman–Crippen MR) is 71.0 cm³/mol. The Morgan fingerprint density at radius 3 is 2.69 bits per heavy atom. The maximum atomic E-state index is 9.69. The summed E-state index contributed by atoms with van der Waals surface area (Å²) >= 11 is 2.03. The van der Waals surface area contributed by atoms with E-state index in [0.717, 1.165) is 11.3 Å². The number of nitrogens with one attached hydrogen (secondary N) is 1. The van der Waals surface area contributed by atoms with Gasteiger partial charge in [0, 0.05) is 17.3 Å². The van der Waals surface area contributed by atoms with Crippen LogP contribution in [0.5, 0.6) is 0 Å². The average Bonchev–Trinajstić information content (AvgIpc) is 2.31. The molecule has 1 aromatic rings. The highest BCUT2D eigenvalue weighted by molar-refractivity contribution is 7.99. The first-order valence-corrected chi connectivity index (χ1v) is 7.04. The van der Waals surface area contributed by atoms with Crippen LogP contribution >= 0.6 is 11.8 Å². The van der Waals surface area contributed by atoms with Crippen molar-refractivity contribution in [2.24, 2.45) is 0 Å². The average molecular weight is 237 g/mol. The minimum Gasteiger partial charge on any atom is -0.389 e. The van der Waals surface area contributed by atoms with Gasteiger partial charge in [-0.15, -0.1) is 0 Å². The van der Waals surface area contributed by atoms with Gasteiger partial charge in [-0.3, -0.25) is 0 Å². The van der Waals surface area contributed by atoms with Gasteiger partial charge in [0.15, 0.2) is 0 Å². The van der Waals surface area contributed by atoms with Gasteiger partial charge in [0.05, 0.1) is 6.10 Å². The summed E-state index contributed by atoms with van der Waals surface area (Å²) in [4.78, 5) is 0. The van der Waals surface area contributed by atoms with Gasteiger partial charge >= 0.3 is 0 Å². The summed E-state index contributed by atoms with van der Waals surface area (Å²) < 4.78 is 0. The first kappa shape index (κ1) is 11.8. The fraction of sp³-hybridized carbons (Fsp3) is 0.538. The maximum Gasteiger partial charge on any atom is 0.0781 e. The highest BCUT2D eigenvalue weighted by atomic mass is 32.2. The number of para-hydroxylation sites is 1. The zero-order valence-corrected chi connectivity index (χ0v) is 10.5. The van der Waals surface area contributed by atoms with E-state index in [1.165, 1.54) is 24.3 Å². The molecular weight excluding hydrogens is 218 g/mol. The number of thioether (sulfide) groups is 1. The van der Waals surface area contributed by atoms with Gasteiger partial charge in [-0.05, 0) is 37.3 Å². The Bertz CT molecular complexity index is 334. The lowest BCUT2D eigenvalue weighted by molar-refractivity contribution is 0.200. The van der Waals surface area contributed by atoms with Gasteiger partial charge in [-0.2, -0.15) is 11.8 Å². The van der Waals surface area contributed by atoms with E-state index in [0.29, 0.717) is 6.04 Å². The largest absolute Gasteiger partial charge is 0.389 e. The van der Waals surface area contributed by atoms with Crippen LogP contribution in [0.1, 0.15) is 31.4 Å². The van der Waals surface area contributed by atoms with Crippen molar-refractivity contribution in [3.05, 3.63) is 29.8 Å². The van der Waals surface area contributed by atoms with Crippen LogP contribution in [0, 0.1) is 0 Å². The Hall–Kier alpha value is -0.670. The van der Waals surface area contributed by atoms with E-state index in [4.69, 9.17) is 0 Å². The predicted octanol–water partition coefficient (Wildman–Crippen LogP) is 3.05. The topological polar surface area (TPSA) is 32.3 Å². The fourth-order valence-corrected chi connectivity index (χ4v) is 3.16. The molecule has 1 saturated heterocycles. The second kappa shape index (κ2) is 5.60. The third-order valence-corrected chi connectivity index (χ3v) is 4.04.